The van der Waals surface area contributed by atoms with Gasteiger partial charge in [-0.05, 0) is 76.0 Å². The number of carbonyl (C=O) groups excluding carboxylic acids is 2. The van der Waals surface area contributed by atoms with Gasteiger partial charge in [0.1, 0.15) is 17.1 Å². The number of methoxy groups -OCH3 is 1. The third kappa shape index (κ3) is 8.61. The van der Waals surface area contributed by atoms with Crippen molar-refractivity contribution >= 4 is 29.3 Å². The molecule has 1 saturated heterocycles. The number of rotatable bonds is 8. The lowest BCUT2D eigenvalue weighted by Gasteiger charge is -2.29. The minimum atomic E-state index is -4.69. The molecule has 2 heterocycles. The molecule has 44 heavy (non-hydrogen) atoms. The van der Waals surface area contributed by atoms with Crippen LogP contribution in [0.4, 0.5) is 30.6 Å². The van der Waals surface area contributed by atoms with E-state index < -0.39 is 23.2 Å². The van der Waals surface area contributed by atoms with Crippen molar-refractivity contribution in [3.63, 3.8) is 0 Å². The van der Waals surface area contributed by atoms with Crippen LogP contribution in [0.2, 0.25) is 0 Å². The van der Waals surface area contributed by atoms with E-state index in [9.17, 15) is 22.8 Å². The monoisotopic (exact) mass is 617 g/mol. The van der Waals surface area contributed by atoms with Crippen LogP contribution in [0.1, 0.15) is 75.2 Å². The number of amides is 2. The maximum Gasteiger partial charge on any atom is 0.421 e. The summed E-state index contributed by atoms with van der Waals surface area (Å²) in [5, 5.41) is 11.8. The number of aromatic nitrogens is 2. The molecular formula is C31H42F3N7O3. The number of ether oxygens (including phenoxy) is 1. The van der Waals surface area contributed by atoms with E-state index in [1.54, 1.807) is 45.2 Å². The number of benzene rings is 1. The molecule has 2 fully saturated rings. The van der Waals surface area contributed by atoms with Crippen LogP contribution >= 0.6 is 0 Å². The number of carbonyl (C=O) groups is 2. The highest BCUT2D eigenvalue weighted by Gasteiger charge is 2.36. The highest BCUT2D eigenvalue weighted by molar-refractivity contribution is 5.95. The minimum Gasteiger partial charge on any atom is -0.495 e. The van der Waals surface area contributed by atoms with Gasteiger partial charge in [-0.2, -0.15) is 18.2 Å². The van der Waals surface area contributed by atoms with Crippen molar-refractivity contribution in [1.82, 2.24) is 25.5 Å². The van der Waals surface area contributed by atoms with Gasteiger partial charge < -0.3 is 30.9 Å². The fourth-order valence-corrected chi connectivity index (χ4v) is 5.15. The Labute approximate surface area is 256 Å². The largest absolute Gasteiger partial charge is 0.495 e. The Bertz CT molecular complexity index is 1370. The third-order valence-electron chi connectivity index (χ3n) is 7.89. The van der Waals surface area contributed by atoms with E-state index in [0.29, 0.717) is 29.8 Å². The van der Waals surface area contributed by atoms with E-state index in [-0.39, 0.29) is 29.6 Å². The lowest BCUT2D eigenvalue weighted by molar-refractivity contribution is -0.137. The molecule has 0 bridgehead atoms. The van der Waals surface area contributed by atoms with Crippen LogP contribution in [0.15, 0.2) is 36.2 Å². The van der Waals surface area contributed by atoms with Crippen molar-refractivity contribution in [2.45, 2.75) is 77.6 Å². The van der Waals surface area contributed by atoms with Crippen molar-refractivity contribution in [1.29, 1.82) is 0 Å². The summed E-state index contributed by atoms with van der Waals surface area (Å²) >= 11 is 0. The first-order chi connectivity index (χ1) is 20.7. The Morgan fingerprint density at radius 3 is 2.48 bits per heavy atom. The van der Waals surface area contributed by atoms with E-state index in [0.717, 1.165) is 50.5 Å². The second-order valence-electron chi connectivity index (χ2n) is 12.4. The van der Waals surface area contributed by atoms with Gasteiger partial charge in [0.05, 0.1) is 18.8 Å². The summed E-state index contributed by atoms with van der Waals surface area (Å²) in [7, 11) is 3.49. The molecule has 1 saturated carbocycles. The molecule has 1 aromatic heterocycles. The highest BCUT2D eigenvalue weighted by atomic mass is 19.4. The van der Waals surface area contributed by atoms with Crippen molar-refractivity contribution < 1.29 is 27.5 Å². The summed E-state index contributed by atoms with van der Waals surface area (Å²) in [6.45, 7) is 7.18. The summed E-state index contributed by atoms with van der Waals surface area (Å²) in [4.78, 5) is 35.6. The fourth-order valence-electron chi connectivity index (χ4n) is 5.15. The number of hydrogen-bond acceptors (Lipinski definition) is 8. The summed E-state index contributed by atoms with van der Waals surface area (Å²) in [5.74, 6) is -0.548. The molecule has 13 heteroatoms. The quantitative estimate of drug-likeness (QED) is 0.308. The zero-order valence-corrected chi connectivity index (χ0v) is 25.9. The average molecular weight is 618 g/mol. The molecule has 2 aliphatic rings. The Morgan fingerprint density at radius 1 is 1.09 bits per heavy atom. The Kier molecular flexibility index (Phi) is 10.4. The Morgan fingerprint density at radius 2 is 1.82 bits per heavy atom. The first-order valence-corrected chi connectivity index (χ1v) is 14.9. The van der Waals surface area contributed by atoms with Crippen LogP contribution in [0.3, 0.4) is 0 Å². The fraction of sp³-hybridized carbons (Fsp3) is 0.548. The SMILES string of the molecule is COc1cc(C(=O)NC2CCN(C)CC2)ccc1Nc1ncc(C(F)(F)F)c(NC2CCCC/C2=C/NC(=O)C(C)(C)C)n1. The number of halogens is 3. The second-order valence-corrected chi connectivity index (χ2v) is 12.4. The van der Waals surface area contributed by atoms with Crippen LogP contribution in [0, 0.1) is 5.41 Å². The van der Waals surface area contributed by atoms with Gasteiger partial charge in [0.15, 0.2) is 0 Å². The topological polar surface area (TPSA) is 121 Å². The van der Waals surface area contributed by atoms with Crippen LogP contribution in [-0.2, 0) is 11.0 Å². The van der Waals surface area contributed by atoms with E-state index >= 15 is 0 Å². The van der Waals surface area contributed by atoms with Gasteiger partial charge in [-0.1, -0.05) is 27.2 Å². The van der Waals surface area contributed by atoms with E-state index in [2.05, 4.69) is 36.1 Å². The number of alkyl halides is 3. The summed E-state index contributed by atoms with van der Waals surface area (Å²) in [6.07, 6.45) is 2.27. The molecule has 1 aliphatic heterocycles. The molecule has 2 amide bonds. The summed E-state index contributed by atoms with van der Waals surface area (Å²) in [6, 6.07) is 4.42. The lowest BCUT2D eigenvalue weighted by atomic mass is 9.90. The van der Waals surface area contributed by atoms with Crippen molar-refractivity contribution in [3.05, 3.63) is 47.3 Å². The normalized spacial score (nSPS) is 19.4. The molecular weight excluding hydrogens is 575 g/mol. The number of anilines is 3. The molecule has 4 rings (SSSR count). The molecule has 1 atom stereocenters. The van der Waals surface area contributed by atoms with Gasteiger partial charge in [-0.15, -0.1) is 0 Å². The number of nitrogens with zero attached hydrogens (tertiary/aromatic N) is 3. The maximum absolute atomic E-state index is 14.0. The number of likely N-dealkylation sites (tertiary alicyclic amines) is 1. The van der Waals surface area contributed by atoms with E-state index in [1.807, 2.05) is 7.05 Å². The molecule has 2 aromatic rings. The smallest absolute Gasteiger partial charge is 0.421 e. The zero-order valence-electron chi connectivity index (χ0n) is 25.9. The lowest BCUT2D eigenvalue weighted by Crippen LogP contribution is -2.43. The van der Waals surface area contributed by atoms with Gasteiger partial charge in [0, 0.05) is 29.4 Å². The molecule has 0 radical (unpaired) electrons. The van der Waals surface area contributed by atoms with Gasteiger partial charge >= 0.3 is 6.18 Å². The first-order valence-electron chi connectivity index (χ1n) is 14.9. The average Bonchev–Trinajstić information content (AvgIpc) is 2.97. The zero-order chi connectivity index (χ0) is 32.1. The van der Waals surface area contributed by atoms with Gasteiger partial charge in [0.25, 0.3) is 5.91 Å². The Balaban J connectivity index is 1.54. The first kappa shape index (κ1) is 33.0. The maximum atomic E-state index is 14.0. The van der Waals surface area contributed by atoms with Gasteiger partial charge in [-0.25, -0.2) is 4.98 Å². The predicted molar refractivity (Wildman–Crippen MR) is 163 cm³/mol. The summed E-state index contributed by atoms with van der Waals surface area (Å²) < 4.78 is 47.5. The predicted octanol–water partition coefficient (Wildman–Crippen LogP) is 5.47. The molecule has 0 spiro atoms. The van der Waals surface area contributed by atoms with Crippen LogP contribution in [-0.4, -0.2) is 66.0 Å². The van der Waals surface area contributed by atoms with Gasteiger partial charge in [-0.3, -0.25) is 9.59 Å². The van der Waals surface area contributed by atoms with Crippen LogP contribution in [0.5, 0.6) is 5.75 Å². The van der Waals surface area contributed by atoms with E-state index in [4.69, 9.17) is 4.74 Å². The van der Waals surface area contributed by atoms with E-state index in [1.165, 1.54) is 7.11 Å². The molecule has 1 aromatic carbocycles. The summed E-state index contributed by atoms with van der Waals surface area (Å²) in [5.41, 5.74) is -0.0269. The molecule has 240 valence electrons. The van der Waals surface area contributed by atoms with Crippen molar-refractivity contribution in [3.8, 4) is 5.75 Å². The van der Waals surface area contributed by atoms with Gasteiger partial charge in [0.2, 0.25) is 11.9 Å². The van der Waals surface area contributed by atoms with Crippen molar-refractivity contribution in [2.75, 3.05) is 37.9 Å². The van der Waals surface area contributed by atoms with Crippen LogP contribution < -0.4 is 26.0 Å². The third-order valence-corrected chi connectivity index (χ3v) is 7.89. The van der Waals surface area contributed by atoms with Crippen molar-refractivity contribution in [2.24, 2.45) is 5.41 Å². The molecule has 1 unspecified atom stereocenters. The van der Waals surface area contributed by atoms with Crippen LogP contribution in [0.25, 0.3) is 0 Å². The molecule has 4 N–H and O–H groups in total. The standard InChI is InChI=1S/C31H42F3N7O3/c1-30(2,3)28(43)35-17-20-8-6-7-9-23(20)38-26-22(31(32,33)34)18-36-29(40-26)39-24-11-10-19(16-25(24)44-5)27(42)37-21-12-14-41(4)15-13-21/h10-11,16-18,21,23H,6-9,12-15H2,1-5H3,(H,35,43)(H,37,42)(H2,36,38,39,40)/b20-17-. The molecule has 1 aliphatic carbocycles. The second kappa shape index (κ2) is 13.8. The minimum absolute atomic E-state index is 0.0790. The number of piperidine rings is 1. The number of nitrogens with one attached hydrogen (secondary N) is 4. The Hall–Kier alpha value is -3.87. The molecule has 10 nitrogen and oxygen atoms in total. The number of hydrogen-bond donors (Lipinski definition) is 4. The highest BCUT2D eigenvalue weighted by Crippen LogP contribution is 2.37.